The van der Waals surface area contributed by atoms with Crippen molar-refractivity contribution < 1.29 is 19.1 Å². The first-order valence-corrected chi connectivity index (χ1v) is 7.75. The summed E-state index contributed by atoms with van der Waals surface area (Å²) in [6.07, 6.45) is 0.641. The van der Waals surface area contributed by atoms with E-state index in [0.717, 1.165) is 0 Å². The van der Waals surface area contributed by atoms with Crippen LogP contribution in [0.15, 0.2) is 18.2 Å². The highest BCUT2D eigenvalue weighted by atomic mass is 35.5. The molecule has 0 radical (unpaired) electrons. The Labute approximate surface area is 140 Å². The van der Waals surface area contributed by atoms with Crippen LogP contribution in [-0.2, 0) is 14.3 Å². The molecule has 0 bridgehead atoms. The summed E-state index contributed by atoms with van der Waals surface area (Å²) < 4.78 is 10.2. The third kappa shape index (κ3) is 7.14. The van der Waals surface area contributed by atoms with E-state index < -0.39 is 5.97 Å². The van der Waals surface area contributed by atoms with Crippen molar-refractivity contribution in [2.24, 2.45) is 5.41 Å². The molecule has 0 amide bonds. The molecule has 0 aliphatic carbocycles. The van der Waals surface area contributed by atoms with E-state index in [1.54, 1.807) is 18.2 Å². The van der Waals surface area contributed by atoms with Crippen LogP contribution in [-0.4, -0.2) is 18.5 Å². The second-order valence-electron chi connectivity index (χ2n) is 6.10. The van der Waals surface area contributed by atoms with Gasteiger partial charge in [-0.15, -0.1) is 0 Å². The Bertz CT molecular complexity index is 535. The third-order valence-electron chi connectivity index (χ3n) is 2.57. The first-order valence-electron chi connectivity index (χ1n) is 6.99. The summed E-state index contributed by atoms with van der Waals surface area (Å²) >= 11 is 11.8. The number of rotatable bonds is 6. The average molecular weight is 347 g/mol. The van der Waals surface area contributed by atoms with E-state index in [1.807, 2.05) is 20.8 Å². The van der Waals surface area contributed by atoms with Crippen molar-refractivity contribution in [1.82, 2.24) is 0 Å². The van der Waals surface area contributed by atoms with E-state index in [-0.39, 0.29) is 35.0 Å². The molecule has 6 heteroatoms. The lowest BCUT2D eigenvalue weighted by atomic mass is 9.99. The quantitative estimate of drug-likeness (QED) is 0.555. The zero-order valence-electron chi connectivity index (χ0n) is 12.9. The van der Waals surface area contributed by atoms with Crippen LogP contribution in [0.5, 0.6) is 5.75 Å². The molecule has 0 saturated heterocycles. The average Bonchev–Trinajstić information content (AvgIpc) is 2.41. The minimum absolute atomic E-state index is 0.0715. The Balaban J connectivity index is 2.32. The smallest absolute Gasteiger partial charge is 0.311 e. The fourth-order valence-corrected chi connectivity index (χ4v) is 1.81. The fraction of sp³-hybridized carbons (Fsp3) is 0.500. The van der Waals surface area contributed by atoms with E-state index in [2.05, 4.69) is 0 Å². The van der Waals surface area contributed by atoms with Gasteiger partial charge in [-0.3, -0.25) is 9.59 Å². The molecule has 1 aromatic carbocycles. The maximum absolute atomic E-state index is 11.7. The molecule has 0 fully saturated rings. The van der Waals surface area contributed by atoms with Gasteiger partial charge >= 0.3 is 11.9 Å². The molecular formula is C16H20Cl2O4. The molecule has 0 aliphatic heterocycles. The Hall–Kier alpha value is -1.26. The SMILES string of the molecule is CC(C)(C)COC(=O)CCCC(=O)Oc1cccc(Cl)c1Cl. The number of carbonyl (C=O) groups excluding carboxylic acids is 2. The third-order valence-corrected chi connectivity index (χ3v) is 3.37. The molecule has 0 atom stereocenters. The summed E-state index contributed by atoms with van der Waals surface area (Å²) in [4.78, 5) is 23.2. The molecule has 1 rings (SSSR count). The number of ether oxygens (including phenoxy) is 2. The first-order chi connectivity index (χ1) is 10.2. The highest BCUT2D eigenvalue weighted by Crippen LogP contribution is 2.31. The number of benzene rings is 1. The van der Waals surface area contributed by atoms with Crippen LogP contribution >= 0.6 is 23.2 Å². The van der Waals surface area contributed by atoms with Gasteiger partial charge in [0.25, 0.3) is 0 Å². The number of hydrogen-bond acceptors (Lipinski definition) is 4. The van der Waals surface area contributed by atoms with Crippen molar-refractivity contribution in [3.05, 3.63) is 28.2 Å². The maximum Gasteiger partial charge on any atom is 0.311 e. The van der Waals surface area contributed by atoms with Crippen molar-refractivity contribution >= 4 is 35.1 Å². The highest BCUT2D eigenvalue weighted by Gasteiger charge is 2.15. The van der Waals surface area contributed by atoms with Crippen LogP contribution in [0.4, 0.5) is 0 Å². The van der Waals surface area contributed by atoms with Crippen molar-refractivity contribution in [2.75, 3.05) is 6.61 Å². The Morgan fingerprint density at radius 2 is 1.73 bits per heavy atom. The van der Waals surface area contributed by atoms with Crippen molar-refractivity contribution in [2.45, 2.75) is 40.0 Å². The summed E-state index contributed by atoms with van der Waals surface area (Å²) in [5, 5.41) is 0.514. The van der Waals surface area contributed by atoms with Gasteiger partial charge in [-0.25, -0.2) is 0 Å². The monoisotopic (exact) mass is 346 g/mol. The van der Waals surface area contributed by atoms with Gasteiger partial charge in [-0.1, -0.05) is 50.0 Å². The van der Waals surface area contributed by atoms with Crippen LogP contribution in [0, 0.1) is 5.41 Å². The fourth-order valence-electron chi connectivity index (χ4n) is 1.48. The Morgan fingerprint density at radius 3 is 2.36 bits per heavy atom. The van der Waals surface area contributed by atoms with Crippen LogP contribution in [0.25, 0.3) is 0 Å². The van der Waals surface area contributed by atoms with E-state index >= 15 is 0 Å². The van der Waals surface area contributed by atoms with Crippen LogP contribution in [0.1, 0.15) is 40.0 Å². The van der Waals surface area contributed by atoms with Crippen LogP contribution in [0.2, 0.25) is 10.0 Å². The van der Waals surface area contributed by atoms with Gasteiger partial charge in [0.2, 0.25) is 0 Å². The molecule has 1 aromatic rings. The van der Waals surface area contributed by atoms with E-state index in [4.69, 9.17) is 32.7 Å². The van der Waals surface area contributed by atoms with Gasteiger partial charge in [0, 0.05) is 12.8 Å². The van der Waals surface area contributed by atoms with Crippen LogP contribution in [0.3, 0.4) is 0 Å². The van der Waals surface area contributed by atoms with E-state index in [9.17, 15) is 9.59 Å². The first kappa shape index (κ1) is 18.8. The van der Waals surface area contributed by atoms with Crippen molar-refractivity contribution in [3.63, 3.8) is 0 Å². The summed E-state index contributed by atoms with van der Waals surface area (Å²) in [7, 11) is 0. The van der Waals surface area contributed by atoms with Gasteiger partial charge in [0.15, 0.2) is 5.75 Å². The predicted octanol–water partition coefficient (Wildman–Crippen LogP) is 4.66. The van der Waals surface area contributed by atoms with Crippen molar-refractivity contribution in [1.29, 1.82) is 0 Å². The summed E-state index contributed by atoms with van der Waals surface area (Å²) in [5.74, 6) is -0.564. The highest BCUT2D eigenvalue weighted by molar-refractivity contribution is 6.43. The molecule has 122 valence electrons. The van der Waals surface area contributed by atoms with Gasteiger partial charge in [-0.2, -0.15) is 0 Å². The van der Waals surface area contributed by atoms with Gasteiger partial charge in [0.1, 0.15) is 5.02 Å². The molecule has 4 nitrogen and oxygen atoms in total. The summed E-state index contributed by atoms with van der Waals surface area (Å²) in [6.45, 7) is 6.29. The Morgan fingerprint density at radius 1 is 1.09 bits per heavy atom. The summed E-state index contributed by atoms with van der Waals surface area (Å²) in [6, 6.07) is 4.80. The minimum Gasteiger partial charge on any atom is -0.465 e. The second kappa shape index (κ2) is 8.39. The lowest BCUT2D eigenvalue weighted by molar-refractivity contribution is -0.146. The topological polar surface area (TPSA) is 52.6 Å². The summed E-state index contributed by atoms with van der Waals surface area (Å²) in [5.41, 5.74) is -0.0715. The van der Waals surface area contributed by atoms with Crippen molar-refractivity contribution in [3.8, 4) is 5.75 Å². The molecule has 0 aliphatic rings. The molecule has 0 N–H and O–H groups in total. The molecule has 0 aromatic heterocycles. The van der Waals surface area contributed by atoms with Gasteiger partial charge in [-0.05, 0) is 24.0 Å². The predicted molar refractivity (Wildman–Crippen MR) is 86.4 cm³/mol. The Kier molecular flexibility index (Phi) is 7.17. The molecule has 0 saturated carbocycles. The lowest BCUT2D eigenvalue weighted by Gasteiger charge is -2.17. The largest absolute Gasteiger partial charge is 0.465 e. The lowest BCUT2D eigenvalue weighted by Crippen LogP contribution is -2.18. The standard InChI is InChI=1S/C16H20Cl2O4/c1-16(2,3)10-21-13(19)8-5-9-14(20)22-12-7-4-6-11(17)15(12)18/h4,6-7H,5,8-10H2,1-3H3. The molecule has 0 unspecified atom stereocenters. The molecular weight excluding hydrogens is 327 g/mol. The van der Waals surface area contributed by atoms with Gasteiger partial charge in [0.05, 0.1) is 11.6 Å². The second-order valence-corrected chi connectivity index (χ2v) is 6.89. The normalized spacial score (nSPS) is 11.1. The number of halogens is 2. The molecule has 0 heterocycles. The number of hydrogen-bond donors (Lipinski definition) is 0. The zero-order valence-corrected chi connectivity index (χ0v) is 14.5. The molecule has 22 heavy (non-hydrogen) atoms. The maximum atomic E-state index is 11.7. The molecule has 0 spiro atoms. The van der Waals surface area contributed by atoms with Gasteiger partial charge < -0.3 is 9.47 Å². The van der Waals surface area contributed by atoms with E-state index in [1.165, 1.54) is 0 Å². The van der Waals surface area contributed by atoms with Crippen LogP contribution < -0.4 is 4.74 Å². The number of esters is 2. The van der Waals surface area contributed by atoms with E-state index in [0.29, 0.717) is 18.1 Å². The minimum atomic E-state index is -0.465. The number of carbonyl (C=O) groups is 2. The zero-order chi connectivity index (χ0) is 16.8.